The number of hydrogen-bond acceptors (Lipinski definition) is 2. The van der Waals surface area contributed by atoms with Crippen molar-refractivity contribution in [3.8, 4) is 0 Å². The van der Waals surface area contributed by atoms with Crippen molar-refractivity contribution in [3.63, 3.8) is 0 Å². The van der Waals surface area contributed by atoms with Crippen LogP contribution < -0.4 is 11.2 Å². The molecule has 1 aromatic heterocycles. The van der Waals surface area contributed by atoms with Gasteiger partial charge in [0.25, 0.3) is 5.91 Å². The molecule has 2 rings (SSSR count). The van der Waals surface area contributed by atoms with Crippen LogP contribution in [0.2, 0.25) is 5.02 Å². The van der Waals surface area contributed by atoms with Gasteiger partial charge in [-0.25, -0.2) is 0 Å². The number of amides is 1. The summed E-state index contributed by atoms with van der Waals surface area (Å²) < 4.78 is 78.3. The average Bonchev–Trinajstić information content (AvgIpc) is 2.48. The molecule has 1 amide bonds. The van der Waals surface area contributed by atoms with E-state index in [-0.39, 0.29) is 22.2 Å². The van der Waals surface area contributed by atoms with Gasteiger partial charge >= 0.3 is 12.4 Å². The number of nitrogens with one attached hydrogen (secondary N) is 1. The van der Waals surface area contributed by atoms with Crippen LogP contribution in [0.25, 0.3) is 0 Å². The summed E-state index contributed by atoms with van der Waals surface area (Å²) >= 11 is 5.77. The Morgan fingerprint density at radius 1 is 1.04 bits per heavy atom. The zero-order valence-corrected chi connectivity index (χ0v) is 13.4. The van der Waals surface area contributed by atoms with E-state index in [9.17, 15) is 31.1 Å². The SMILES string of the molecule is N=c1c(C(N)=O)cc(Cl)cn1Cc1cc(C(F)(F)F)cc(C(F)(F)F)c1. The molecule has 1 heterocycles. The van der Waals surface area contributed by atoms with Gasteiger partial charge in [0.15, 0.2) is 0 Å². The lowest BCUT2D eigenvalue weighted by atomic mass is 10.0. The fraction of sp³-hybridized carbons (Fsp3) is 0.200. The molecule has 1 aromatic carbocycles. The number of primary amides is 1. The number of halogens is 7. The van der Waals surface area contributed by atoms with Crippen LogP contribution in [0.4, 0.5) is 26.3 Å². The van der Waals surface area contributed by atoms with Gasteiger partial charge in [0.05, 0.1) is 21.7 Å². The van der Waals surface area contributed by atoms with Gasteiger partial charge in [-0.3, -0.25) is 10.2 Å². The van der Waals surface area contributed by atoms with Gasteiger partial charge in [-0.1, -0.05) is 11.6 Å². The van der Waals surface area contributed by atoms with Gasteiger partial charge < -0.3 is 10.3 Å². The van der Waals surface area contributed by atoms with Crippen LogP contribution in [0.15, 0.2) is 30.5 Å². The lowest BCUT2D eigenvalue weighted by molar-refractivity contribution is -0.143. The van der Waals surface area contributed by atoms with Crippen LogP contribution in [-0.4, -0.2) is 10.5 Å². The van der Waals surface area contributed by atoms with Crippen LogP contribution in [0.1, 0.15) is 27.0 Å². The van der Waals surface area contributed by atoms with Crippen LogP contribution in [0, 0.1) is 5.41 Å². The predicted octanol–water partition coefficient (Wildman–Crippen LogP) is 3.81. The number of alkyl halides is 6. The second-order valence-electron chi connectivity index (χ2n) is 5.33. The number of benzene rings is 1. The topological polar surface area (TPSA) is 71.9 Å². The fourth-order valence-electron chi connectivity index (χ4n) is 2.23. The molecule has 0 aliphatic heterocycles. The Kier molecular flexibility index (Phi) is 5.09. The van der Waals surface area contributed by atoms with Gasteiger partial charge in [0.2, 0.25) is 0 Å². The Hall–Kier alpha value is -2.49. The number of carbonyl (C=O) groups is 1. The molecule has 2 aromatic rings. The number of nitrogens with two attached hydrogens (primary N) is 1. The normalized spacial score (nSPS) is 12.3. The first-order chi connectivity index (χ1) is 11.8. The summed E-state index contributed by atoms with van der Waals surface area (Å²) in [4.78, 5) is 11.3. The molecule has 4 nitrogen and oxygen atoms in total. The van der Waals surface area contributed by atoms with Gasteiger partial charge in [-0.2, -0.15) is 26.3 Å². The van der Waals surface area contributed by atoms with E-state index in [1.807, 2.05) is 0 Å². The first-order valence-electron chi connectivity index (χ1n) is 6.82. The third-order valence-corrected chi connectivity index (χ3v) is 3.58. The third-order valence-electron chi connectivity index (χ3n) is 3.37. The second-order valence-corrected chi connectivity index (χ2v) is 5.76. The summed E-state index contributed by atoms with van der Waals surface area (Å²) in [5.74, 6) is -1.01. The molecule has 0 aliphatic rings. The van der Waals surface area contributed by atoms with Crippen LogP contribution in [0.3, 0.4) is 0 Å². The molecule has 0 aliphatic carbocycles. The van der Waals surface area contributed by atoms with E-state index in [4.69, 9.17) is 22.7 Å². The van der Waals surface area contributed by atoms with Crippen molar-refractivity contribution in [2.75, 3.05) is 0 Å². The quantitative estimate of drug-likeness (QED) is 0.760. The Morgan fingerprint density at radius 3 is 1.96 bits per heavy atom. The maximum absolute atomic E-state index is 12.9. The van der Waals surface area contributed by atoms with E-state index >= 15 is 0 Å². The Bertz CT molecular complexity index is 885. The summed E-state index contributed by atoms with van der Waals surface area (Å²) in [6, 6.07) is 2.15. The highest BCUT2D eigenvalue weighted by Crippen LogP contribution is 2.36. The van der Waals surface area contributed by atoms with Crippen molar-refractivity contribution in [3.05, 3.63) is 63.2 Å². The minimum atomic E-state index is -4.99. The Balaban J connectivity index is 2.60. The highest BCUT2D eigenvalue weighted by Gasteiger charge is 2.36. The lowest BCUT2D eigenvalue weighted by Gasteiger charge is -2.16. The second kappa shape index (κ2) is 6.67. The summed E-state index contributed by atoms with van der Waals surface area (Å²) in [5, 5.41) is 7.78. The van der Waals surface area contributed by atoms with E-state index in [0.717, 1.165) is 16.8 Å². The molecule has 0 spiro atoms. The number of nitrogens with zero attached hydrogens (tertiary/aromatic N) is 1. The first-order valence-corrected chi connectivity index (χ1v) is 7.19. The van der Waals surface area contributed by atoms with Crippen molar-refractivity contribution >= 4 is 17.5 Å². The molecule has 11 heteroatoms. The molecule has 0 atom stereocenters. The molecule has 26 heavy (non-hydrogen) atoms. The predicted molar refractivity (Wildman–Crippen MR) is 79.4 cm³/mol. The number of hydrogen-bond donors (Lipinski definition) is 2. The minimum absolute atomic E-state index is 0.00256. The molecular weight excluding hydrogens is 388 g/mol. The van der Waals surface area contributed by atoms with Crippen molar-refractivity contribution < 1.29 is 31.1 Å². The molecule has 0 radical (unpaired) electrons. The lowest BCUT2D eigenvalue weighted by Crippen LogP contribution is -2.30. The Morgan fingerprint density at radius 2 is 1.54 bits per heavy atom. The molecule has 140 valence electrons. The summed E-state index contributed by atoms with van der Waals surface area (Å²) in [6.07, 6.45) is -8.88. The zero-order chi connectivity index (χ0) is 19.9. The standard InChI is InChI=1S/C15H10ClF6N3O/c16-10-4-11(13(24)26)12(23)25(6-10)5-7-1-8(14(17,18)19)3-9(2-7)15(20,21)22/h1-4,6,23H,5H2,(H2,24,26). The highest BCUT2D eigenvalue weighted by atomic mass is 35.5. The molecule has 0 fully saturated rings. The number of aromatic nitrogens is 1. The van der Waals surface area contributed by atoms with Crippen molar-refractivity contribution in [2.24, 2.45) is 5.73 Å². The van der Waals surface area contributed by atoms with Gasteiger partial charge in [0.1, 0.15) is 5.49 Å². The number of pyridine rings is 1. The largest absolute Gasteiger partial charge is 0.416 e. The minimum Gasteiger partial charge on any atom is -0.365 e. The average molecular weight is 398 g/mol. The van der Waals surface area contributed by atoms with E-state index in [2.05, 4.69) is 0 Å². The first kappa shape index (κ1) is 19.8. The van der Waals surface area contributed by atoms with E-state index in [0.29, 0.717) is 12.1 Å². The fourth-order valence-corrected chi connectivity index (χ4v) is 2.46. The van der Waals surface area contributed by atoms with Crippen LogP contribution in [0.5, 0.6) is 0 Å². The molecular formula is C15H10ClF6N3O. The molecule has 0 unspecified atom stereocenters. The maximum atomic E-state index is 12.9. The van der Waals surface area contributed by atoms with Crippen molar-refractivity contribution in [1.29, 1.82) is 5.41 Å². The van der Waals surface area contributed by atoms with Gasteiger partial charge in [-0.15, -0.1) is 0 Å². The maximum Gasteiger partial charge on any atom is 0.416 e. The van der Waals surface area contributed by atoms with E-state index in [1.54, 1.807) is 0 Å². The Labute approximate surface area is 147 Å². The van der Waals surface area contributed by atoms with Crippen LogP contribution >= 0.6 is 11.6 Å². The molecule has 0 bridgehead atoms. The zero-order valence-electron chi connectivity index (χ0n) is 12.7. The van der Waals surface area contributed by atoms with Gasteiger partial charge in [-0.05, 0) is 29.8 Å². The third kappa shape index (κ3) is 4.37. The van der Waals surface area contributed by atoms with Gasteiger partial charge in [0, 0.05) is 12.7 Å². The highest BCUT2D eigenvalue weighted by molar-refractivity contribution is 6.30. The number of rotatable bonds is 3. The smallest absolute Gasteiger partial charge is 0.365 e. The monoisotopic (exact) mass is 397 g/mol. The van der Waals surface area contributed by atoms with Crippen molar-refractivity contribution in [2.45, 2.75) is 18.9 Å². The molecule has 3 N–H and O–H groups in total. The van der Waals surface area contributed by atoms with Crippen molar-refractivity contribution in [1.82, 2.24) is 4.57 Å². The van der Waals surface area contributed by atoms with E-state index in [1.165, 1.54) is 0 Å². The van der Waals surface area contributed by atoms with Crippen LogP contribution in [-0.2, 0) is 18.9 Å². The molecule has 0 saturated carbocycles. The molecule has 0 saturated heterocycles. The summed E-state index contributed by atoms with van der Waals surface area (Å²) in [6.45, 7) is -0.549. The number of carbonyl (C=O) groups excluding carboxylic acids is 1. The summed E-state index contributed by atoms with van der Waals surface area (Å²) in [7, 11) is 0. The summed E-state index contributed by atoms with van der Waals surface area (Å²) in [5.41, 5.74) is 0.936. The van der Waals surface area contributed by atoms with E-state index < -0.39 is 41.4 Å².